The number of carbonyl (C=O) groups is 1. The lowest BCUT2D eigenvalue weighted by atomic mass is 10.00. The summed E-state index contributed by atoms with van der Waals surface area (Å²) in [5.74, 6) is 3.47. The summed E-state index contributed by atoms with van der Waals surface area (Å²) in [4.78, 5) is 14.5. The van der Waals surface area contributed by atoms with Gasteiger partial charge in [0.25, 0.3) is 0 Å². The van der Waals surface area contributed by atoms with Gasteiger partial charge in [0.2, 0.25) is 5.91 Å². The third kappa shape index (κ3) is 1.55. The number of nitrogens with zero attached hydrogens (tertiary/aromatic N) is 1. The predicted molar refractivity (Wildman–Crippen MR) is 63.1 cm³/mol. The average molecular weight is 235 g/mol. The van der Waals surface area contributed by atoms with Crippen LogP contribution in [0.2, 0.25) is 0 Å². The quantitative estimate of drug-likeness (QED) is 0.743. The minimum absolute atomic E-state index is 0.144. The second-order valence-electron chi connectivity index (χ2n) is 6.74. The van der Waals surface area contributed by atoms with E-state index in [-0.39, 0.29) is 6.10 Å². The smallest absolute Gasteiger partial charge is 0.225 e. The highest BCUT2D eigenvalue weighted by Gasteiger charge is 2.50. The number of carbonyl (C=O) groups excluding carboxylic acids is 1. The summed E-state index contributed by atoms with van der Waals surface area (Å²) >= 11 is 0. The highest BCUT2D eigenvalue weighted by Crippen LogP contribution is 2.55. The number of hydrogen-bond donors (Lipinski definition) is 1. The molecule has 3 heteroatoms. The van der Waals surface area contributed by atoms with Gasteiger partial charge in [0.1, 0.15) is 0 Å². The van der Waals surface area contributed by atoms with Crippen LogP contribution in [0.4, 0.5) is 0 Å². The fraction of sp³-hybridized carbons (Fsp3) is 0.929. The Hall–Kier alpha value is -0.570. The molecule has 0 aromatic rings. The molecule has 1 heterocycles. The van der Waals surface area contributed by atoms with Gasteiger partial charge in [0, 0.05) is 24.9 Å². The summed E-state index contributed by atoms with van der Waals surface area (Å²) in [7, 11) is 0. The van der Waals surface area contributed by atoms with Gasteiger partial charge >= 0.3 is 0 Å². The van der Waals surface area contributed by atoms with Gasteiger partial charge in [-0.3, -0.25) is 4.79 Å². The van der Waals surface area contributed by atoms with Crippen LogP contribution in [0.15, 0.2) is 0 Å². The number of amides is 1. The minimum Gasteiger partial charge on any atom is -0.393 e. The first-order valence-electron chi connectivity index (χ1n) is 7.19. The summed E-state index contributed by atoms with van der Waals surface area (Å²) in [5, 5.41) is 9.88. The Bertz CT molecular complexity index is 346. The maximum absolute atomic E-state index is 12.4. The lowest BCUT2D eigenvalue weighted by Gasteiger charge is -2.22. The summed E-state index contributed by atoms with van der Waals surface area (Å²) in [6.45, 7) is 1.75. The molecule has 3 aliphatic carbocycles. The predicted octanol–water partition coefficient (Wildman–Crippen LogP) is 1.26. The zero-order valence-corrected chi connectivity index (χ0v) is 10.2. The molecule has 4 fully saturated rings. The maximum Gasteiger partial charge on any atom is 0.225 e. The summed E-state index contributed by atoms with van der Waals surface area (Å²) in [6.07, 6.45) is 5.61. The number of rotatable bonds is 1. The monoisotopic (exact) mass is 235 g/mol. The zero-order chi connectivity index (χ0) is 11.6. The van der Waals surface area contributed by atoms with Crippen LogP contribution in [0, 0.1) is 29.6 Å². The van der Waals surface area contributed by atoms with Crippen molar-refractivity contribution >= 4 is 5.91 Å². The van der Waals surface area contributed by atoms with Gasteiger partial charge in [-0.1, -0.05) is 0 Å². The van der Waals surface area contributed by atoms with Crippen molar-refractivity contribution in [1.82, 2.24) is 4.90 Å². The van der Waals surface area contributed by atoms with Crippen molar-refractivity contribution in [2.75, 3.05) is 13.1 Å². The van der Waals surface area contributed by atoms with Gasteiger partial charge in [0.15, 0.2) is 0 Å². The first-order chi connectivity index (χ1) is 8.22. The Morgan fingerprint density at radius 2 is 1.76 bits per heavy atom. The molecule has 4 aliphatic rings. The van der Waals surface area contributed by atoms with E-state index in [0.29, 0.717) is 23.7 Å². The molecule has 4 rings (SSSR count). The van der Waals surface area contributed by atoms with E-state index in [0.717, 1.165) is 50.6 Å². The highest BCUT2D eigenvalue weighted by molar-refractivity contribution is 5.79. The van der Waals surface area contributed by atoms with Crippen molar-refractivity contribution in [2.24, 2.45) is 29.6 Å². The average Bonchev–Trinajstić information content (AvgIpc) is 2.73. The van der Waals surface area contributed by atoms with Crippen molar-refractivity contribution < 1.29 is 9.90 Å². The first kappa shape index (κ1) is 10.4. The van der Waals surface area contributed by atoms with Crippen LogP contribution in [0.25, 0.3) is 0 Å². The molecule has 3 nitrogen and oxygen atoms in total. The molecular formula is C14H21NO2. The Balaban J connectivity index is 1.41. The second kappa shape index (κ2) is 3.47. The minimum atomic E-state index is -0.144. The Morgan fingerprint density at radius 1 is 1.00 bits per heavy atom. The summed E-state index contributed by atoms with van der Waals surface area (Å²) < 4.78 is 0. The lowest BCUT2D eigenvalue weighted by Crippen LogP contribution is -2.35. The molecule has 17 heavy (non-hydrogen) atoms. The van der Waals surface area contributed by atoms with Gasteiger partial charge in [0.05, 0.1) is 6.10 Å². The molecule has 1 aliphatic heterocycles. The lowest BCUT2D eigenvalue weighted by molar-refractivity contribution is -0.135. The standard InChI is InChI=1S/C14H21NO2/c16-13-2-1-8-6-15(7-12(8)13)14(17)11-4-9-3-10(9)5-11/h8-13,16H,1-7H2. The van der Waals surface area contributed by atoms with E-state index in [2.05, 4.69) is 4.90 Å². The molecule has 0 aromatic carbocycles. The van der Waals surface area contributed by atoms with E-state index in [1.54, 1.807) is 0 Å². The van der Waals surface area contributed by atoms with Gasteiger partial charge < -0.3 is 10.0 Å². The van der Waals surface area contributed by atoms with Crippen LogP contribution in [-0.4, -0.2) is 35.1 Å². The number of aliphatic hydroxyl groups excluding tert-OH is 1. The van der Waals surface area contributed by atoms with Crippen LogP contribution in [0.3, 0.4) is 0 Å². The first-order valence-corrected chi connectivity index (χ1v) is 7.19. The van der Waals surface area contributed by atoms with Gasteiger partial charge in [-0.05, 0) is 49.9 Å². The normalized spacial score (nSPS) is 51.5. The van der Waals surface area contributed by atoms with Crippen LogP contribution in [0.1, 0.15) is 32.1 Å². The van der Waals surface area contributed by atoms with E-state index in [1.165, 1.54) is 6.42 Å². The second-order valence-corrected chi connectivity index (χ2v) is 6.74. The van der Waals surface area contributed by atoms with Crippen molar-refractivity contribution in [1.29, 1.82) is 0 Å². The fourth-order valence-corrected chi connectivity index (χ4v) is 4.59. The van der Waals surface area contributed by atoms with Crippen LogP contribution in [0.5, 0.6) is 0 Å². The van der Waals surface area contributed by atoms with Crippen LogP contribution < -0.4 is 0 Å². The van der Waals surface area contributed by atoms with Gasteiger partial charge in [-0.15, -0.1) is 0 Å². The van der Waals surface area contributed by atoms with Crippen molar-refractivity contribution in [2.45, 2.75) is 38.2 Å². The van der Waals surface area contributed by atoms with Crippen molar-refractivity contribution in [3.8, 4) is 0 Å². The Morgan fingerprint density at radius 3 is 2.47 bits per heavy atom. The molecule has 0 spiro atoms. The van der Waals surface area contributed by atoms with Crippen molar-refractivity contribution in [3.63, 3.8) is 0 Å². The van der Waals surface area contributed by atoms with E-state index in [9.17, 15) is 9.90 Å². The zero-order valence-electron chi connectivity index (χ0n) is 10.2. The fourth-order valence-electron chi connectivity index (χ4n) is 4.59. The molecule has 1 amide bonds. The third-order valence-electron chi connectivity index (χ3n) is 5.72. The molecule has 5 atom stereocenters. The van der Waals surface area contributed by atoms with E-state index in [1.807, 2.05) is 0 Å². The maximum atomic E-state index is 12.4. The largest absolute Gasteiger partial charge is 0.393 e. The van der Waals surface area contributed by atoms with Gasteiger partial charge in [-0.25, -0.2) is 0 Å². The Labute approximate surface area is 102 Å². The number of hydrogen-bond acceptors (Lipinski definition) is 2. The number of fused-ring (bicyclic) bond motifs is 2. The van der Waals surface area contributed by atoms with E-state index < -0.39 is 0 Å². The molecule has 5 unspecified atom stereocenters. The molecular weight excluding hydrogens is 214 g/mol. The SMILES string of the molecule is O=C(C1CC2CC2C1)N1CC2CCC(O)C2C1. The topological polar surface area (TPSA) is 40.5 Å². The number of likely N-dealkylation sites (tertiary alicyclic amines) is 1. The summed E-state index contributed by atoms with van der Waals surface area (Å²) in [5.41, 5.74) is 0. The Kier molecular flexibility index (Phi) is 2.11. The molecule has 0 aromatic heterocycles. The molecule has 0 radical (unpaired) electrons. The van der Waals surface area contributed by atoms with E-state index in [4.69, 9.17) is 0 Å². The molecule has 1 saturated heterocycles. The van der Waals surface area contributed by atoms with Crippen molar-refractivity contribution in [3.05, 3.63) is 0 Å². The van der Waals surface area contributed by atoms with Crippen LogP contribution >= 0.6 is 0 Å². The van der Waals surface area contributed by atoms with E-state index >= 15 is 0 Å². The number of aliphatic hydroxyl groups is 1. The van der Waals surface area contributed by atoms with Gasteiger partial charge in [-0.2, -0.15) is 0 Å². The molecule has 1 N–H and O–H groups in total. The van der Waals surface area contributed by atoms with Crippen LogP contribution in [-0.2, 0) is 4.79 Å². The third-order valence-corrected chi connectivity index (χ3v) is 5.72. The highest BCUT2D eigenvalue weighted by atomic mass is 16.3. The molecule has 0 bridgehead atoms. The molecule has 3 saturated carbocycles. The molecule has 94 valence electrons. The summed E-state index contributed by atoms with van der Waals surface area (Å²) in [6, 6.07) is 0.